The highest BCUT2D eigenvalue weighted by Gasteiger charge is 2.12. The van der Waals surface area contributed by atoms with Crippen LogP contribution >= 0.6 is 0 Å². The van der Waals surface area contributed by atoms with E-state index in [1.54, 1.807) is 7.11 Å². The van der Waals surface area contributed by atoms with Crippen LogP contribution in [0.2, 0.25) is 0 Å². The fraction of sp³-hybridized carbons (Fsp3) is 0.316. The summed E-state index contributed by atoms with van der Waals surface area (Å²) in [7, 11) is 1.66. The molecule has 1 aliphatic rings. The molecule has 0 spiro atoms. The first-order valence-corrected chi connectivity index (χ1v) is 7.83. The van der Waals surface area contributed by atoms with Crippen LogP contribution in [0.1, 0.15) is 22.3 Å². The number of aryl methyl sites for hydroxylation is 2. The molecule has 120 valence electrons. The highest BCUT2D eigenvalue weighted by Crippen LogP contribution is 2.29. The molecule has 0 saturated carbocycles. The summed E-state index contributed by atoms with van der Waals surface area (Å²) in [6.07, 6.45) is 0. The Balaban J connectivity index is 1.78. The van der Waals surface area contributed by atoms with Crippen LogP contribution in [0.4, 0.5) is 0 Å². The Bertz CT molecular complexity index is 738. The van der Waals surface area contributed by atoms with Crippen LogP contribution in [-0.2, 0) is 6.61 Å². The summed E-state index contributed by atoms with van der Waals surface area (Å²) in [4.78, 5) is 4.44. The number of amidine groups is 1. The Morgan fingerprint density at radius 1 is 1.09 bits per heavy atom. The first-order valence-electron chi connectivity index (χ1n) is 7.83. The molecule has 2 aromatic rings. The van der Waals surface area contributed by atoms with E-state index in [9.17, 15) is 0 Å². The summed E-state index contributed by atoms with van der Waals surface area (Å²) in [5, 5.41) is 3.27. The van der Waals surface area contributed by atoms with E-state index >= 15 is 0 Å². The van der Waals surface area contributed by atoms with E-state index in [1.807, 2.05) is 18.2 Å². The Morgan fingerprint density at radius 3 is 2.70 bits per heavy atom. The van der Waals surface area contributed by atoms with E-state index in [-0.39, 0.29) is 0 Å². The standard InChI is InChI=1S/C19H22N2O2/c1-13-4-5-14(2)16(10-13)12-23-17-7-6-15(11-18(17)22-3)19-20-8-9-21-19/h4-7,10-11H,8-9,12H2,1-3H3,(H,20,21). The van der Waals surface area contributed by atoms with Gasteiger partial charge in [0.15, 0.2) is 11.5 Å². The Kier molecular flexibility index (Phi) is 4.51. The summed E-state index contributed by atoms with van der Waals surface area (Å²) in [6.45, 7) is 6.43. The van der Waals surface area contributed by atoms with Gasteiger partial charge in [-0.2, -0.15) is 0 Å². The minimum Gasteiger partial charge on any atom is -0.493 e. The summed E-state index contributed by atoms with van der Waals surface area (Å²) in [5.74, 6) is 2.39. The zero-order valence-electron chi connectivity index (χ0n) is 13.8. The lowest BCUT2D eigenvalue weighted by atomic mass is 10.1. The van der Waals surface area contributed by atoms with Crippen molar-refractivity contribution in [2.75, 3.05) is 20.2 Å². The summed E-state index contributed by atoms with van der Waals surface area (Å²) < 4.78 is 11.5. The number of methoxy groups -OCH3 is 1. The second kappa shape index (κ2) is 6.73. The number of nitrogens with zero attached hydrogens (tertiary/aromatic N) is 1. The van der Waals surface area contributed by atoms with E-state index in [1.165, 1.54) is 16.7 Å². The van der Waals surface area contributed by atoms with Crippen molar-refractivity contribution in [3.63, 3.8) is 0 Å². The predicted octanol–water partition coefficient (Wildman–Crippen LogP) is 3.24. The molecule has 1 heterocycles. The number of ether oxygens (including phenoxy) is 2. The van der Waals surface area contributed by atoms with Crippen molar-refractivity contribution in [1.29, 1.82) is 0 Å². The van der Waals surface area contributed by atoms with Gasteiger partial charge in [-0.15, -0.1) is 0 Å². The maximum absolute atomic E-state index is 5.98. The number of hydrogen-bond acceptors (Lipinski definition) is 4. The van der Waals surface area contributed by atoms with Gasteiger partial charge in [-0.05, 0) is 43.2 Å². The first kappa shape index (κ1) is 15.4. The summed E-state index contributed by atoms with van der Waals surface area (Å²) in [6, 6.07) is 12.3. The molecule has 4 heteroatoms. The lowest BCUT2D eigenvalue weighted by Crippen LogP contribution is -2.19. The SMILES string of the molecule is COc1cc(C2=NCCN2)ccc1OCc1cc(C)ccc1C. The van der Waals surface area contributed by atoms with Crippen molar-refractivity contribution in [3.8, 4) is 11.5 Å². The third-order valence-corrected chi connectivity index (χ3v) is 4.00. The Morgan fingerprint density at radius 2 is 1.96 bits per heavy atom. The smallest absolute Gasteiger partial charge is 0.161 e. The van der Waals surface area contributed by atoms with Crippen molar-refractivity contribution >= 4 is 5.84 Å². The molecule has 3 rings (SSSR count). The van der Waals surface area contributed by atoms with E-state index in [0.717, 1.165) is 36.0 Å². The van der Waals surface area contributed by atoms with E-state index in [4.69, 9.17) is 9.47 Å². The number of rotatable bonds is 5. The minimum atomic E-state index is 0.530. The molecule has 0 unspecified atom stereocenters. The molecule has 0 aliphatic carbocycles. The molecule has 1 aliphatic heterocycles. The molecule has 0 radical (unpaired) electrons. The number of hydrogen-bond donors (Lipinski definition) is 1. The predicted molar refractivity (Wildman–Crippen MR) is 92.6 cm³/mol. The van der Waals surface area contributed by atoms with Crippen molar-refractivity contribution in [2.24, 2.45) is 4.99 Å². The fourth-order valence-corrected chi connectivity index (χ4v) is 2.64. The minimum absolute atomic E-state index is 0.530. The third-order valence-electron chi connectivity index (χ3n) is 4.00. The first-order chi connectivity index (χ1) is 11.2. The molecule has 0 atom stereocenters. The summed E-state index contributed by atoms with van der Waals surface area (Å²) in [5.41, 5.74) is 4.69. The maximum Gasteiger partial charge on any atom is 0.161 e. The highest BCUT2D eigenvalue weighted by atomic mass is 16.5. The molecule has 23 heavy (non-hydrogen) atoms. The van der Waals surface area contributed by atoms with Crippen LogP contribution in [0.5, 0.6) is 11.5 Å². The van der Waals surface area contributed by atoms with Gasteiger partial charge in [-0.1, -0.05) is 23.8 Å². The van der Waals surface area contributed by atoms with E-state index in [2.05, 4.69) is 42.4 Å². The van der Waals surface area contributed by atoms with Gasteiger partial charge in [0.05, 0.1) is 13.7 Å². The van der Waals surface area contributed by atoms with E-state index < -0.39 is 0 Å². The van der Waals surface area contributed by atoms with Gasteiger partial charge < -0.3 is 14.8 Å². The molecule has 1 N–H and O–H groups in total. The maximum atomic E-state index is 5.98. The van der Waals surface area contributed by atoms with Crippen LogP contribution in [0.15, 0.2) is 41.4 Å². The molecule has 4 nitrogen and oxygen atoms in total. The Labute approximate surface area is 137 Å². The van der Waals surface area contributed by atoms with Gasteiger partial charge in [-0.25, -0.2) is 0 Å². The van der Waals surface area contributed by atoms with Crippen molar-refractivity contribution in [3.05, 3.63) is 58.7 Å². The second-order valence-corrected chi connectivity index (χ2v) is 5.74. The lowest BCUT2D eigenvalue weighted by Gasteiger charge is -2.14. The molecule has 0 bridgehead atoms. The van der Waals surface area contributed by atoms with Crippen molar-refractivity contribution in [2.45, 2.75) is 20.5 Å². The zero-order valence-corrected chi connectivity index (χ0v) is 13.8. The molecule has 0 fully saturated rings. The van der Waals surface area contributed by atoms with Crippen molar-refractivity contribution < 1.29 is 9.47 Å². The molecule has 0 aromatic heterocycles. The van der Waals surface area contributed by atoms with Crippen LogP contribution in [0, 0.1) is 13.8 Å². The van der Waals surface area contributed by atoms with Gasteiger partial charge in [0.2, 0.25) is 0 Å². The lowest BCUT2D eigenvalue weighted by molar-refractivity contribution is 0.284. The molecule has 2 aromatic carbocycles. The van der Waals surface area contributed by atoms with Crippen LogP contribution in [0.3, 0.4) is 0 Å². The monoisotopic (exact) mass is 310 g/mol. The fourth-order valence-electron chi connectivity index (χ4n) is 2.64. The third kappa shape index (κ3) is 3.47. The second-order valence-electron chi connectivity index (χ2n) is 5.74. The van der Waals surface area contributed by atoms with Gasteiger partial charge in [0.1, 0.15) is 12.4 Å². The quantitative estimate of drug-likeness (QED) is 0.922. The van der Waals surface area contributed by atoms with Gasteiger partial charge in [0.25, 0.3) is 0 Å². The van der Waals surface area contributed by atoms with Crippen LogP contribution in [-0.4, -0.2) is 26.0 Å². The van der Waals surface area contributed by atoms with Gasteiger partial charge in [-0.3, -0.25) is 4.99 Å². The molecular weight excluding hydrogens is 288 g/mol. The normalized spacial score (nSPS) is 13.4. The van der Waals surface area contributed by atoms with Gasteiger partial charge in [0, 0.05) is 12.1 Å². The number of aliphatic imine (C=N–C) groups is 1. The van der Waals surface area contributed by atoms with Gasteiger partial charge >= 0.3 is 0 Å². The topological polar surface area (TPSA) is 42.8 Å². The average Bonchev–Trinajstić information content (AvgIpc) is 3.10. The molecule has 0 saturated heterocycles. The molecular formula is C19H22N2O2. The number of nitrogens with one attached hydrogen (secondary N) is 1. The van der Waals surface area contributed by atoms with E-state index in [0.29, 0.717) is 6.61 Å². The Hall–Kier alpha value is -2.49. The van der Waals surface area contributed by atoms with Crippen molar-refractivity contribution in [1.82, 2.24) is 5.32 Å². The van der Waals surface area contributed by atoms with Crippen LogP contribution < -0.4 is 14.8 Å². The summed E-state index contributed by atoms with van der Waals surface area (Å²) >= 11 is 0. The highest BCUT2D eigenvalue weighted by molar-refractivity contribution is 6.00. The number of benzene rings is 2. The zero-order chi connectivity index (χ0) is 16.2. The van der Waals surface area contributed by atoms with Crippen LogP contribution in [0.25, 0.3) is 0 Å². The molecule has 0 amide bonds. The average molecular weight is 310 g/mol. The largest absolute Gasteiger partial charge is 0.493 e.